The molecule has 1 fully saturated rings. The van der Waals surface area contributed by atoms with Gasteiger partial charge in [0.1, 0.15) is 11.4 Å². The molecule has 9 nitrogen and oxygen atoms in total. The Bertz CT molecular complexity index is 1130. The molecule has 1 amide bonds. The number of nitro benzene ring substituents is 1. The summed E-state index contributed by atoms with van der Waals surface area (Å²) >= 11 is 0. The molecule has 0 unspecified atom stereocenters. The van der Waals surface area contributed by atoms with Gasteiger partial charge < -0.3 is 14.5 Å². The highest BCUT2D eigenvalue weighted by molar-refractivity contribution is 6.07. The first-order valence-electron chi connectivity index (χ1n) is 11.1. The SMILES string of the molecule is COc1ccccc1N1CCN(CCN(C(=O)c2ccncc2)c2ccccc2[N+](=O)[O-])CC1. The van der Waals surface area contributed by atoms with E-state index in [1.807, 2.05) is 18.2 Å². The second-order valence-electron chi connectivity index (χ2n) is 7.94. The number of amides is 1. The Kier molecular flexibility index (Phi) is 7.34. The van der Waals surface area contributed by atoms with E-state index in [1.54, 1.807) is 49.8 Å². The van der Waals surface area contributed by atoms with Crippen molar-refractivity contribution in [2.24, 2.45) is 0 Å². The summed E-state index contributed by atoms with van der Waals surface area (Å²) in [6, 6.07) is 17.6. The molecule has 1 saturated heterocycles. The zero-order valence-corrected chi connectivity index (χ0v) is 19.0. The lowest BCUT2D eigenvalue weighted by Gasteiger charge is -2.37. The number of benzene rings is 2. The van der Waals surface area contributed by atoms with Gasteiger partial charge in [-0.05, 0) is 30.3 Å². The first-order chi connectivity index (χ1) is 16.6. The fourth-order valence-corrected chi connectivity index (χ4v) is 4.17. The van der Waals surface area contributed by atoms with Crippen LogP contribution in [0.4, 0.5) is 17.1 Å². The summed E-state index contributed by atoms with van der Waals surface area (Å²) < 4.78 is 5.49. The van der Waals surface area contributed by atoms with Gasteiger partial charge in [-0.1, -0.05) is 24.3 Å². The molecule has 1 aromatic heterocycles. The third kappa shape index (κ3) is 5.15. The number of piperazine rings is 1. The van der Waals surface area contributed by atoms with E-state index < -0.39 is 4.92 Å². The highest BCUT2D eigenvalue weighted by Gasteiger charge is 2.26. The van der Waals surface area contributed by atoms with Crippen molar-refractivity contribution >= 4 is 23.0 Å². The Balaban J connectivity index is 1.48. The third-order valence-corrected chi connectivity index (χ3v) is 5.98. The highest BCUT2D eigenvalue weighted by atomic mass is 16.6. The van der Waals surface area contributed by atoms with Crippen LogP contribution in [0.2, 0.25) is 0 Å². The van der Waals surface area contributed by atoms with Crippen LogP contribution in [0.15, 0.2) is 73.1 Å². The van der Waals surface area contributed by atoms with Gasteiger partial charge in [0, 0.05) is 63.3 Å². The maximum Gasteiger partial charge on any atom is 0.292 e. The summed E-state index contributed by atoms with van der Waals surface area (Å²) in [6.07, 6.45) is 3.09. The number of methoxy groups -OCH3 is 1. The molecule has 0 aliphatic carbocycles. The van der Waals surface area contributed by atoms with E-state index in [1.165, 1.54) is 11.0 Å². The van der Waals surface area contributed by atoms with Crippen LogP contribution in [-0.4, -0.2) is 67.1 Å². The average molecular weight is 462 g/mol. The van der Waals surface area contributed by atoms with Crippen molar-refractivity contribution in [2.45, 2.75) is 0 Å². The fraction of sp³-hybridized carbons (Fsp3) is 0.280. The molecule has 4 rings (SSSR count). The smallest absolute Gasteiger partial charge is 0.292 e. The Morgan fingerprint density at radius 2 is 1.71 bits per heavy atom. The minimum absolute atomic E-state index is 0.0918. The molecule has 0 bridgehead atoms. The molecule has 3 aromatic rings. The number of hydrogen-bond acceptors (Lipinski definition) is 7. The number of carbonyl (C=O) groups is 1. The Morgan fingerprint density at radius 1 is 1.03 bits per heavy atom. The molecule has 0 saturated carbocycles. The number of pyridine rings is 1. The van der Waals surface area contributed by atoms with Crippen LogP contribution in [0.25, 0.3) is 0 Å². The summed E-state index contributed by atoms with van der Waals surface area (Å²) in [5.74, 6) is 0.561. The number of nitro groups is 1. The van der Waals surface area contributed by atoms with Crippen molar-refractivity contribution in [2.75, 3.05) is 56.2 Å². The quantitative estimate of drug-likeness (QED) is 0.375. The summed E-state index contributed by atoms with van der Waals surface area (Å²) in [5.41, 5.74) is 1.71. The molecule has 1 aliphatic heterocycles. The summed E-state index contributed by atoms with van der Waals surface area (Å²) in [7, 11) is 1.67. The van der Waals surface area contributed by atoms with E-state index in [0.29, 0.717) is 24.3 Å². The Labute approximate surface area is 198 Å². The lowest BCUT2D eigenvalue weighted by molar-refractivity contribution is -0.384. The number of para-hydroxylation sites is 4. The molecule has 0 N–H and O–H groups in total. The van der Waals surface area contributed by atoms with Crippen LogP contribution in [-0.2, 0) is 0 Å². The maximum absolute atomic E-state index is 13.3. The van der Waals surface area contributed by atoms with Gasteiger partial charge in [-0.15, -0.1) is 0 Å². The summed E-state index contributed by atoms with van der Waals surface area (Å²) in [5, 5.41) is 11.6. The molecule has 0 atom stereocenters. The predicted octanol–water partition coefficient (Wildman–Crippen LogP) is 3.47. The van der Waals surface area contributed by atoms with Gasteiger partial charge in [0.2, 0.25) is 0 Å². The van der Waals surface area contributed by atoms with Crippen molar-refractivity contribution in [1.29, 1.82) is 0 Å². The van der Waals surface area contributed by atoms with Gasteiger partial charge in [0.25, 0.3) is 11.6 Å². The summed E-state index contributed by atoms with van der Waals surface area (Å²) in [4.78, 5) is 34.6. The normalized spacial score (nSPS) is 14.0. The number of carbonyl (C=O) groups excluding carboxylic acids is 1. The van der Waals surface area contributed by atoms with Gasteiger partial charge in [0.15, 0.2) is 0 Å². The minimum atomic E-state index is -0.450. The number of ether oxygens (including phenoxy) is 1. The maximum atomic E-state index is 13.3. The molecule has 1 aliphatic rings. The van der Waals surface area contributed by atoms with Crippen molar-refractivity contribution in [3.8, 4) is 5.75 Å². The van der Waals surface area contributed by atoms with E-state index in [4.69, 9.17) is 4.74 Å². The first kappa shape index (κ1) is 23.2. The van der Waals surface area contributed by atoms with E-state index >= 15 is 0 Å². The molecule has 2 heterocycles. The van der Waals surface area contributed by atoms with Crippen molar-refractivity contribution in [3.63, 3.8) is 0 Å². The first-order valence-corrected chi connectivity index (χ1v) is 11.1. The van der Waals surface area contributed by atoms with Crippen LogP contribution < -0.4 is 14.5 Å². The molecule has 34 heavy (non-hydrogen) atoms. The van der Waals surface area contributed by atoms with E-state index in [9.17, 15) is 14.9 Å². The molecule has 176 valence electrons. The number of aromatic nitrogens is 1. The zero-order valence-electron chi connectivity index (χ0n) is 19.0. The van der Waals surface area contributed by atoms with Crippen LogP contribution in [0, 0.1) is 10.1 Å². The van der Waals surface area contributed by atoms with Crippen LogP contribution in [0.3, 0.4) is 0 Å². The lowest BCUT2D eigenvalue weighted by Crippen LogP contribution is -2.49. The predicted molar refractivity (Wildman–Crippen MR) is 131 cm³/mol. The van der Waals surface area contributed by atoms with Crippen molar-refractivity contribution in [3.05, 3.63) is 88.7 Å². The topological polar surface area (TPSA) is 92.1 Å². The monoisotopic (exact) mass is 461 g/mol. The lowest BCUT2D eigenvalue weighted by atomic mass is 10.2. The van der Waals surface area contributed by atoms with Crippen molar-refractivity contribution in [1.82, 2.24) is 9.88 Å². The highest BCUT2D eigenvalue weighted by Crippen LogP contribution is 2.30. The standard InChI is InChI=1S/C25H27N5O4/c1-34-24-9-5-4-8-23(24)28-17-14-27(15-18-28)16-19-29(25(31)20-10-12-26-13-11-20)21-6-2-3-7-22(21)30(32)33/h2-13H,14-19H2,1H3. The second kappa shape index (κ2) is 10.8. The molecule has 0 spiro atoms. The van der Waals surface area contributed by atoms with Crippen LogP contribution >= 0.6 is 0 Å². The molecular weight excluding hydrogens is 434 g/mol. The molecular formula is C25H27N5O4. The summed E-state index contributed by atoms with van der Waals surface area (Å²) in [6.45, 7) is 4.20. The van der Waals surface area contributed by atoms with Crippen LogP contribution in [0.1, 0.15) is 10.4 Å². The third-order valence-electron chi connectivity index (χ3n) is 5.98. The van der Waals surface area contributed by atoms with Gasteiger partial charge in [-0.3, -0.25) is 24.8 Å². The molecule has 2 aromatic carbocycles. The second-order valence-corrected chi connectivity index (χ2v) is 7.94. The number of rotatable bonds is 8. The van der Waals surface area contributed by atoms with Crippen LogP contribution in [0.5, 0.6) is 5.75 Å². The number of hydrogen-bond donors (Lipinski definition) is 0. The van der Waals surface area contributed by atoms with E-state index in [0.717, 1.165) is 37.6 Å². The van der Waals surface area contributed by atoms with Gasteiger partial charge in [0.05, 0.1) is 17.7 Å². The zero-order chi connectivity index (χ0) is 23.9. The fourth-order valence-electron chi connectivity index (χ4n) is 4.17. The Morgan fingerprint density at radius 3 is 2.41 bits per heavy atom. The van der Waals surface area contributed by atoms with E-state index in [-0.39, 0.29) is 11.6 Å². The van der Waals surface area contributed by atoms with E-state index in [2.05, 4.69) is 20.9 Å². The van der Waals surface area contributed by atoms with Gasteiger partial charge in [-0.25, -0.2) is 0 Å². The molecule has 0 radical (unpaired) electrons. The van der Waals surface area contributed by atoms with Crippen molar-refractivity contribution < 1.29 is 14.5 Å². The Hall–Kier alpha value is -3.98. The molecule has 9 heteroatoms. The van der Waals surface area contributed by atoms with Gasteiger partial charge >= 0.3 is 0 Å². The number of anilines is 2. The largest absolute Gasteiger partial charge is 0.495 e. The minimum Gasteiger partial charge on any atom is -0.495 e. The number of nitrogens with zero attached hydrogens (tertiary/aromatic N) is 5. The average Bonchev–Trinajstić information content (AvgIpc) is 2.89. The van der Waals surface area contributed by atoms with Gasteiger partial charge in [-0.2, -0.15) is 0 Å².